The Morgan fingerprint density at radius 2 is 1.50 bits per heavy atom. The van der Waals surface area contributed by atoms with Crippen LogP contribution in [-0.2, 0) is 31.1 Å². The Morgan fingerprint density at radius 3 is 2.17 bits per heavy atom. The van der Waals surface area contributed by atoms with Crippen LogP contribution >= 0.6 is 0 Å². The van der Waals surface area contributed by atoms with Crippen LogP contribution in [0.5, 0.6) is 0 Å². The number of aryl methyl sites for hydroxylation is 1. The number of rotatable bonds is 14. The van der Waals surface area contributed by atoms with E-state index in [1.165, 1.54) is 16.7 Å². The van der Waals surface area contributed by atoms with Crippen LogP contribution in [0.15, 0.2) is 90.2 Å². The van der Waals surface area contributed by atoms with Crippen LogP contribution in [0.25, 0.3) is 0 Å². The van der Waals surface area contributed by atoms with E-state index in [4.69, 9.17) is 0 Å². The van der Waals surface area contributed by atoms with Gasteiger partial charge in [0.15, 0.2) is 5.71 Å². The fraction of sp³-hybridized carbons (Fsp3) is 0.432. The summed E-state index contributed by atoms with van der Waals surface area (Å²) in [6.07, 6.45) is 14.3. The number of anilines is 1. The molecule has 0 aromatic heterocycles. The molecule has 0 amide bonds. The Bertz CT molecular complexity index is 1870. The third-order valence-electron chi connectivity index (χ3n) is 9.13. The Kier molecular flexibility index (Phi) is 13.5. The minimum atomic E-state index is -4.23. The molecule has 2 aliphatic heterocycles. The molecule has 2 aromatic carbocycles. The molecule has 0 saturated heterocycles. The zero-order chi connectivity index (χ0) is 34.6. The monoisotopic (exact) mass is 702 g/mol. The van der Waals surface area contributed by atoms with Gasteiger partial charge in [0.1, 0.15) is 6.54 Å². The predicted molar refractivity (Wildman–Crippen MR) is 189 cm³/mol. The van der Waals surface area contributed by atoms with Gasteiger partial charge in [0.25, 0.3) is 0 Å². The van der Waals surface area contributed by atoms with E-state index < -0.39 is 20.2 Å². The zero-order valence-corrected chi connectivity index (χ0v) is 33.0. The summed E-state index contributed by atoms with van der Waals surface area (Å²) in [5.41, 5.74) is 8.59. The topological polar surface area (TPSA) is 121 Å². The van der Waals surface area contributed by atoms with Crippen molar-refractivity contribution in [3.05, 3.63) is 107 Å². The Balaban J connectivity index is 0.00000625. The van der Waals surface area contributed by atoms with Crippen molar-refractivity contribution in [1.82, 2.24) is 0 Å². The second-order valence-electron chi connectivity index (χ2n) is 13.6. The van der Waals surface area contributed by atoms with Crippen LogP contribution in [0.1, 0.15) is 77.0 Å². The second kappa shape index (κ2) is 16.1. The zero-order valence-electron chi connectivity index (χ0n) is 29.3. The van der Waals surface area contributed by atoms with Crippen LogP contribution in [0, 0.1) is 6.92 Å². The minimum Gasteiger partial charge on any atom is -0.748 e. The smallest absolute Gasteiger partial charge is 0.748 e. The number of allylic oxidation sites excluding steroid dienone is 8. The Morgan fingerprint density at radius 1 is 0.854 bits per heavy atom. The van der Waals surface area contributed by atoms with Crippen molar-refractivity contribution in [2.75, 3.05) is 29.5 Å². The van der Waals surface area contributed by atoms with Gasteiger partial charge in [0.2, 0.25) is 5.69 Å². The maximum atomic E-state index is 11.1. The minimum absolute atomic E-state index is 0. The van der Waals surface area contributed by atoms with E-state index in [0.29, 0.717) is 38.8 Å². The third kappa shape index (κ3) is 9.90. The SMILES string of the molecule is CC(C=C/C=C1/N(CCCCS(=O)(=O)[O-])c2ccc(C)cc2C1(C)C)=CC=CC1=[N+](CCCCS(=O)(=O)[O-])c2ccccc2C1(C)C.[Na+]. The number of benzene rings is 2. The Labute approximate surface area is 309 Å². The van der Waals surface area contributed by atoms with Crippen LogP contribution < -0.4 is 34.5 Å². The molecule has 48 heavy (non-hydrogen) atoms. The number of hydrogen-bond acceptors (Lipinski definition) is 7. The van der Waals surface area contributed by atoms with Gasteiger partial charge < -0.3 is 14.0 Å². The number of unbranched alkanes of at least 4 members (excludes halogenated alkanes) is 2. The summed E-state index contributed by atoms with van der Waals surface area (Å²) in [5, 5.41) is 0. The Hall–Kier alpha value is -2.31. The van der Waals surface area contributed by atoms with E-state index >= 15 is 0 Å². The average molecular weight is 703 g/mol. The van der Waals surface area contributed by atoms with Gasteiger partial charge in [-0.25, -0.2) is 16.8 Å². The van der Waals surface area contributed by atoms with Gasteiger partial charge in [0.05, 0.1) is 25.7 Å². The molecule has 4 rings (SSSR count). The van der Waals surface area contributed by atoms with E-state index in [1.54, 1.807) is 0 Å². The van der Waals surface area contributed by atoms with E-state index in [-0.39, 0.29) is 51.9 Å². The van der Waals surface area contributed by atoms with Crippen molar-refractivity contribution >= 4 is 37.3 Å². The maximum absolute atomic E-state index is 11.1. The van der Waals surface area contributed by atoms with Gasteiger partial charge >= 0.3 is 29.6 Å². The summed E-state index contributed by atoms with van der Waals surface area (Å²) >= 11 is 0. The molecule has 0 bridgehead atoms. The first-order valence-corrected chi connectivity index (χ1v) is 19.3. The molecule has 0 spiro atoms. The van der Waals surface area contributed by atoms with Crippen molar-refractivity contribution in [1.29, 1.82) is 0 Å². The molecule has 2 aromatic rings. The molecule has 8 nitrogen and oxygen atoms in total. The van der Waals surface area contributed by atoms with Gasteiger partial charge in [-0.05, 0) is 64.7 Å². The van der Waals surface area contributed by atoms with Gasteiger partial charge in [-0.3, -0.25) is 0 Å². The standard InChI is InChI=1S/C37H48N2O6S2.Na/c1-28(15-13-19-34-36(3,4)30-17-7-8-18-32(30)38(34)23-9-11-25-46(40,41)42)16-14-20-35-37(5,6)31-27-29(2)21-22-33(31)39(35)24-10-12-26-47(43,44)45;/h7-8,13-22,27H,9-12,23-26H2,1-6H3,(H-,40,41,42,43,44,45);/q;+1/p-1. The molecule has 0 fully saturated rings. The van der Waals surface area contributed by atoms with Crippen molar-refractivity contribution in [2.24, 2.45) is 0 Å². The van der Waals surface area contributed by atoms with E-state index in [2.05, 4.69) is 98.7 Å². The summed E-state index contributed by atoms with van der Waals surface area (Å²) < 4.78 is 69.0. The molecule has 0 unspecified atom stereocenters. The van der Waals surface area contributed by atoms with Gasteiger partial charge in [-0.1, -0.05) is 79.6 Å². The van der Waals surface area contributed by atoms with Crippen molar-refractivity contribution < 1.29 is 60.1 Å². The van der Waals surface area contributed by atoms with Crippen LogP contribution in [-0.4, -0.2) is 60.8 Å². The maximum Gasteiger partial charge on any atom is 1.00 e. The van der Waals surface area contributed by atoms with Crippen molar-refractivity contribution in [3.63, 3.8) is 0 Å². The molecular formula is C37H47N2NaO6S2. The normalized spacial score (nSPS) is 18.2. The molecule has 11 heteroatoms. The summed E-state index contributed by atoms with van der Waals surface area (Å²) in [6.45, 7) is 14.1. The summed E-state index contributed by atoms with van der Waals surface area (Å²) in [5.74, 6) is -0.707. The second-order valence-corrected chi connectivity index (χ2v) is 16.6. The first-order chi connectivity index (χ1) is 21.9. The molecule has 0 N–H and O–H groups in total. The number of fused-ring (bicyclic) bond motifs is 2. The molecule has 254 valence electrons. The molecule has 2 heterocycles. The van der Waals surface area contributed by atoms with Crippen LogP contribution in [0.2, 0.25) is 0 Å². The van der Waals surface area contributed by atoms with Crippen LogP contribution in [0.3, 0.4) is 0 Å². The van der Waals surface area contributed by atoms with Crippen molar-refractivity contribution in [3.8, 4) is 0 Å². The predicted octanol–water partition coefficient (Wildman–Crippen LogP) is 3.77. The molecule has 0 saturated carbocycles. The van der Waals surface area contributed by atoms with E-state index in [1.807, 2.05) is 31.2 Å². The van der Waals surface area contributed by atoms with Gasteiger partial charge in [0, 0.05) is 59.0 Å². The first kappa shape index (κ1) is 40.1. The summed E-state index contributed by atoms with van der Waals surface area (Å²) in [7, 11) is -8.46. The molecular weight excluding hydrogens is 656 g/mol. The summed E-state index contributed by atoms with van der Waals surface area (Å²) in [4.78, 5) is 2.24. The molecule has 0 atom stereocenters. The summed E-state index contributed by atoms with van der Waals surface area (Å²) in [6, 6.07) is 14.7. The van der Waals surface area contributed by atoms with Gasteiger partial charge in [-0.2, -0.15) is 4.58 Å². The van der Waals surface area contributed by atoms with Crippen LogP contribution in [0.4, 0.5) is 11.4 Å². The fourth-order valence-electron chi connectivity index (χ4n) is 6.65. The molecule has 2 aliphatic rings. The van der Waals surface area contributed by atoms with Crippen molar-refractivity contribution in [2.45, 2.75) is 78.1 Å². The van der Waals surface area contributed by atoms with Gasteiger partial charge in [-0.15, -0.1) is 0 Å². The molecule has 0 radical (unpaired) electrons. The molecule has 0 aliphatic carbocycles. The average Bonchev–Trinajstić information content (AvgIpc) is 3.31. The first-order valence-electron chi connectivity index (χ1n) is 16.2. The number of hydrogen-bond donors (Lipinski definition) is 0. The third-order valence-corrected chi connectivity index (χ3v) is 10.7. The largest absolute Gasteiger partial charge is 1.00 e. The quantitative estimate of drug-likeness (QED) is 0.0967. The fourth-order valence-corrected chi connectivity index (χ4v) is 7.76. The number of nitrogens with zero attached hydrogens (tertiary/aromatic N) is 2. The van der Waals surface area contributed by atoms with E-state index in [9.17, 15) is 25.9 Å². The number of para-hydroxylation sites is 1. The van der Waals surface area contributed by atoms with E-state index in [0.717, 1.165) is 28.4 Å².